The zero-order chi connectivity index (χ0) is 15.7. The molecule has 1 atom stereocenters. The quantitative estimate of drug-likeness (QED) is 0.688. The third-order valence-corrected chi connectivity index (χ3v) is 3.45. The van der Waals surface area contributed by atoms with Gasteiger partial charge in [0.1, 0.15) is 5.75 Å². The second kappa shape index (κ2) is 9.40. The zero-order valence-corrected chi connectivity index (χ0v) is 13.7. The monoisotopic (exact) mass is 292 g/mol. The zero-order valence-electron chi connectivity index (χ0n) is 13.7. The summed E-state index contributed by atoms with van der Waals surface area (Å²) in [5, 5.41) is 6.19. The number of nitrogens with one attached hydrogen (secondary N) is 2. The molecule has 4 heteroatoms. The molecule has 4 nitrogen and oxygen atoms in total. The van der Waals surface area contributed by atoms with Gasteiger partial charge in [0.2, 0.25) is 5.91 Å². The number of aryl methyl sites for hydroxylation is 2. The fraction of sp³-hybridized carbons (Fsp3) is 0.588. The number of ether oxygens (including phenoxy) is 1. The van der Waals surface area contributed by atoms with E-state index in [0.717, 1.165) is 18.7 Å². The Morgan fingerprint density at radius 1 is 1.29 bits per heavy atom. The Morgan fingerprint density at radius 2 is 2.05 bits per heavy atom. The molecule has 21 heavy (non-hydrogen) atoms. The van der Waals surface area contributed by atoms with Crippen LogP contribution in [0.2, 0.25) is 0 Å². The standard InChI is InChI=1S/C17H28N2O2/c1-5-18-15(4)12-19-17(20)7-6-10-21-16-9-8-13(2)14(3)11-16/h8-9,11,15,18H,5-7,10,12H2,1-4H3,(H,19,20)/t15-/m1/s1. The van der Waals surface area contributed by atoms with Gasteiger partial charge in [0.25, 0.3) is 0 Å². The molecule has 0 aliphatic heterocycles. The Balaban J connectivity index is 2.15. The molecule has 0 heterocycles. The van der Waals surface area contributed by atoms with Gasteiger partial charge in [-0.15, -0.1) is 0 Å². The molecule has 0 aromatic heterocycles. The maximum atomic E-state index is 11.7. The van der Waals surface area contributed by atoms with Gasteiger partial charge in [0, 0.05) is 19.0 Å². The normalized spacial score (nSPS) is 12.0. The lowest BCUT2D eigenvalue weighted by Crippen LogP contribution is -2.38. The lowest BCUT2D eigenvalue weighted by molar-refractivity contribution is -0.121. The van der Waals surface area contributed by atoms with E-state index >= 15 is 0 Å². The van der Waals surface area contributed by atoms with Gasteiger partial charge in [0.05, 0.1) is 6.61 Å². The molecule has 1 aromatic rings. The molecule has 118 valence electrons. The number of amides is 1. The van der Waals surface area contributed by atoms with Crippen LogP contribution in [0.25, 0.3) is 0 Å². The predicted octanol–water partition coefficient (Wildman–Crippen LogP) is 2.58. The van der Waals surface area contributed by atoms with E-state index in [-0.39, 0.29) is 5.91 Å². The second-order valence-corrected chi connectivity index (χ2v) is 5.46. The highest BCUT2D eigenvalue weighted by molar-refractivity contribution is 5.75. The van der Waals surface area contributed by atoms with Crippen LogP contribution in [0, 0.1) is 13.8 Å². The number of hydrogen-bond acceptors (Lipinski definition) is 3. The molecule has 1 aromatic carbocycles. The molecule has 0 radical (unpaired) electrons. The van der Waals surface area contributed by atoms with E-state index in [4.69, 9.17) is 4.74 Å². The molecule has 1 rings (SSSR count). The lowest BCUT2D eigenvalue weighted by Gasteiger charge is -2.13. The number of benzene rings is 1. The van der Waals surface area contributed by atoms with Gasteiger partial charge in [0.15, 0.2) is 0 Å². The summed E-state index contributed by atoms with van der Waals surface area (Å²) >= 11 is 0. The van der Waals surface area contributed by atoms with Gasteiger partial charge in [-0.25, -0.2) is 0 Å². The van der Waals surface area contributed by atoms with Crippen molar-refractivity contribution < 1.29 is 9.53 Å². The van der Waals surface area contributed by atoms with Crippen LogP contribution >= 0.6 is 0 Å². The summed E-state index contributed by atoms with van der Waals surface area (Å²) in [6, 6.07) is 6.37. The van der Waals surface area contributed by atoms with E-state index in [1.54, 1.807) is 0 Å². The van der Waals surface area contributed by atoms with Crippen LogP contribution in [0.1, 0.15) is 37.8 Å². The Labute approximate surface area is 128 Å². The number of carbonyl (C=O) groups excluding carboxylic acids is 1. The minimum Gasteiger partial charge on any atom is -0.494 e. The van der Waals surface area contributed by atoms with E-state index in [1.165, 1.54) is 11.1 Å². The van der Waals surface area contributed by atoms with Gasteiger partial charge in [-0.2, -0.15) is 0 Å². The van der Waals surface area contributed by atoms with E-state index < -0.39 is 0 Å². The maximum Gasteiger partial charge on any atom is 0.220 e. The Hall–Kier alpha value is -1.55. The fourth-order valence-electron chi connectivity index (χ4n) is 2.00. The smallest absolute Gasteiger partial charge is 0.220 e. The number of likely N-dealkylation sites (N-methyl/N-ethyl adjacent to an activating group) is 1. The Morgan fingerprint density at radius 3 is 2.71 bits per heavy atom. The summed E-state index contributed by atoms with van der Waals surface area (Å²) in [4.78, 5) is 11.7. The van der Waals surface area contributed by atoms with Crippen molar-refractivity contribution in [3.05, 3.63) is 29.3 Å². The molecule has 0 spiro atoms. The molecule has 0 aliphatic rings. The van der Waals surface area contributed by atoms with Gasteiger partial charge in [-0.05, 0) is 57.0 Å². The van der Waals surface area contributed by atoms with Crippen molar-refractivity contribution in [1.29, 1.82) is 0 Å². The number of carbonyl (C=O) groups is 1. The molecule has 0 bridgehead atoms. The van der Waals surface area contributed by atoms with Gasteiger partial charge < -0.3 is 15.4 Å². The molecule has 1 amide bonds. The largest absolute Gasteiger partial charge is 0.494 e. The highest BCUT2D eigenvalue weighted by atomic mass is 16.5. The molecule has 0 saturated heterocycles. The highest BCUT2D eigenvalue weighted by Gasteiger charge is 2.04. The van der Waals surface area contributed by atoms with Crippen LogP contribution in [0.15, 0.2) is 18.2 Å². The van der Waals surface area contributed by atoms with Crippen LogP contribution < -0.4 is 15.4 Å². The first kappa shape index (κ1) is 17.5. The van der Waals surface area contributed by atoms with Gasteiger partial charge >= 0.3 is 0 Å². The summed E-state index contributed by atoms with van der Waals surface area (Å²) in [7, 11) is 0. The summed E-state index contributed by atoms with van der Waals surface area (Å²) in [5.74, 6) is 0.961. The first-order chi connectivity index (χ1) is 10.0. The third-order valence-electron chi connectivity index (χ3n) is 3.45. The first-order valence-electron chi connectivity index (χ1n) is 7.73. The van der Waals surface area contributed by atoms with Gasteiger partial charge in [-0.3, -0.25) is 4.79 Å². The van der Waals surface area contributed by atoms with E-state index in [9.17, 15) is 4.79 Å². The van der Waals surface area contributed by atoms with E-state index in [2.05, 4.69) is 44.4 Å². The summed E-state index contributed by atoms with van der Waals surface area (Å²) < 4.78 is 5.66. The van der Waals surface area contributed by atoms with Crippen molar-refractivity contribution in [3.63, 3.8) is 0 Å². The Kier molecular flexibility index (Phi) is 7.83. The SMILES string of the molecule is CCN[C@H](C)CNC(=O)CCCOc1ccc(C)c(C)c1. The average Bonchev–Trinajstić information content (AvgIpc) is 2.45. The summed E-state index contributed by atoms with van der Waals surface area (Å²) in [6.07, 6.45) is 1.23. The average molecular weight is 292 g/mol. The molecular formula is C17H28N2O2. The molecule has 0 saturated carbocycles. The second-order valence-electron chi connectivity index (χ2n) is 5.46. The van der Waals surface area contributed by atoms with Crippen molar-refractivity contribution in [2.24, 2.45) is 0 Å². The van der Waals surface area contributed by atoms with E-state index in [1.807, 2.05) is 12.1 Å². The van der Waals surface area contributed by atoms with Gasteiger partial charge in [-0.1, -0.05) is 13.0 Å². The van der Waals surface area contributed by atoms with Crippen molar-refractivity contribution >= 4 is 5.91 Å². The fourth-order valence-corrected chi connectivity index (χ4v) is 2.00. The molecule has 0 fully saturated rings. The third kappa shape index (κ3) is 7.14. The van der Waals surface area contributed by atoms with Crippen molar-refractivity contribution in [2.75, 3.05) is 19.7 Å². The van der Waals surface area contributed by atoms with Crippen LogP contribution in [0.3, 0.4) is 0 Å². The highest BCUT2D eigenvalue weighted by Crippen LogP contribution is 2.16. The predicted molar refractivity (Wildman–Crippen MR) is 86.8 cm³/mol. The van der Waals surface area contributed by atoms with Crippen molar-refractivity contribution in [1.82, 2.24) is 10.6 Å². The van der Waals surface area contributed by atoms with Crippen LogP contribution in [0.4, 0.5) is 0 Å². The molecular weight excluding hydrogens is 264 g/mol. The van der Waals surface area contributed by atoms with Crippen molar-refractivity contribution in [2.45, 2.75) is 46.6 Å². The topological polar surface area (TPSA) is 50.4 Å². The van der Waals surface area contributed by atoms with Crippen molar-refractivity contribution in [3.8, 4) is 5.75 Å². The van der Waals surface area contributed by atoms with Crippen LogP contribution in [0.5, 0.6) is 5.75 Å². The maximum absolute atomic E-state index is 11.7. The van der Waals surface area contributed by atoms with Crippen LogP contribution in [-0.4, -0.2) is 31.6 Å². The minimum absolute atomic E-state index is 0.0865. The molecule has 2 N–H and O–H groups in total. The van der Waals surface area contributed by atoms with Crippen LogP contribution in [-0.2, 0) is 4.79 Å². The lowest BCUT2D eigenvalue weighted by atomic mass is 10.1. The molecule has 0 unspecified atom stereocenters. The van der Waals surface area contributed by atoms with E-state index in [0.29, 0.717) is 25.6 Å². The number of rotatable bonds is 9. The molecule has 0 aliphatic carbocycles. The minimum atomic E-state index is 0.0865. The Bertz CT molecular complexity index is 446. The summed E-state index contributed by atoms with van der Waals surface area (Å²) in [6.45, 7) is 10.4. The first-order valence-corrected chi connectivity index (χ1v) is 7.73. The summed E-state index contributed by atoms with van der Waals surface area (Å²) in [5.41, 5.74) is 2.49. The number of hydrogen-bond donors (Lipinski definition) is 2.